The van der Waals surface area contributed by atoms with Crippen LogP contribution in [-0.2, 0) is 24.1 Å². The van der Waals surface area contributed by atoms with Gasteiger partial charge in [0.05, 0.1) is 34.5 Å². The minimum Gasteiger partial charge on any atom is -0.496 e. The van der Waals surface area contributed by atoms with Crippen molar-refractivity contribution in [2.45, 2.75) is 17.3 Å². The minimum absolute atomic E-state index is 0.0506. The SMILES string of the molecule is COc1cccc2c1c(NS(=O)c1ccc(Cl)s1)nn2Cc1cccc(CNC(=O)c2cccc(C(=O)O)c2)c1. The summed E-state index contributed by atoms with van der Waals surface area (Å²) in [6.45, 7) is 0.665. The molecule has 0 aliphatic heterocycles. The summed E-state index contributed by atoms with van der Waals surface area (Å²) < 4.78 is 24.4. The van der Waals surface area contributed by atoms with Gasteiger partial charge in [-0.15, -0.1) is 11.3 Å². The number of hydrogen-bond acceptors (Lipinski definition) is 6. The number of thiophene rings is 1. The van der Waals surface area contributed by atoms with Crippen LogP contribution in [0, 0.1) is 0 Å². The molecule has 1 amide bonds. The fourth-order valence-corrected chi connectivity index (χ4v) is 6.41. The number of carbonyl (C=O) groups excluding carboxylic acids is 1. The Hall–Kier alpha value is -4.19. The van der Waals surface area contributed by atoms with Crippen molar-refractivity contribution in [3.8, 4) is 5.75 Å². The van der Waals surface area contributed by atoms with Gasteiger partial charge in [-0.25, -0.2) is 9.00 Å². The van der Waals surface area contributed by atoms with Crippen molar-refractivity contribution >= 4 is 62.5 Å². The molecule has 0 aliphatic rings. The number of carbonyl (C=O) groups is 2. The van der Waals surface area contributed by atoms with Gasteiger partial charge in [0, 0.05) is 12.1 Å². The lowest BCUT2D eigenvalue weighted by atomic mass is 10.1. The number of nitrogens with one attached hydrogen (secondary N) is 2. The fourth-order valence-electron chi connectivity index (χ4n) is 4.18. The van der Waals surface area contributed by atoms with E-state index in [1.807, 2.05) is 42.5 Å². The van der Waals surface area contributed by atoms with Crippen LogP contribution < -0.4 is 14.8 Å². The highest BCUT2D eigenvalue weighted by atomic mass is 35.5. The summed E-state index contributed by atoms with van der Waals surface area (Å²) in [5.41, 5.74) is 2.91. The molecule has 0 bridgehead atoms. The second kappa shape index (κ2) is 11.9. The highest BCUT2D eigenvalue weighted by Crippen LogP contribution is 2.34. The third-order valence-corrected chi connectivity index (χ3v) is 8.64. The lowest BCUT2D eigenvalue weighted by Crippen LogP contribution is -2.23. The van der Waals surface area contributed by atoms with Crippen LogP contribution in [-0.4, -0.2) is 38.1 Å². The van der Waals surface area contributed by atoms with Crippen molar-refractivity contribution < 1.29 is 23.6 Å². The largest absolute Gasteiger partial charge is 0.496 e. The summed E-state index contributed by atoms with van der Waals surface area (Å²) in [6.07, 6.45) is 0. The molecule has 9 nitrogen and oxygen atoms in total. The van der Waals surface area contributed by atoms with Gasteiger partial charge in [-0.2, -0.15) is 5.10 Å². The predicted octanol–water partition coefficient (Wildman–Crippen LogP) is 5.57. The Bertz CT molecular complexity index is 1750. The molecule has 0 saturated carbocycles. The maximum atomic E-state index is 13.0. The number of benzene rings is 3. The number of aromatic carboxylic acids is 1. The van der Waals surface area contributed by atoms with E-state index in [0.717, 1.165) is 16.6 Å². The number of halogens is 1. The molecule has 5 rings (SSSR count). The molecular formula is C28H23ClN4O5S2. The molecule has 0 radical (unpaired) electrons. The van der Waals surface area contributed by atoms with E-state index in [4.69, 9.17) is 21.4 Å². The molecule has 2 aromatic heterocycles. The molecule has 12 heteroatoms. The van der Waals surface area contributed by atoms with E-state index in [1.54, 1.807) is 30.0 Å². The minimum atomic E-state index is -1.56. The number of anilines is 1. The number of methoxy groups -OCH3 is 1. The number of rotatable bonds is 10. The van der Waals surface area contributed by atoms with Crippen molar-refractivity contribution in [3.63, 3.8) is 0 Å². The molecule has 1 atom stereocenters. The Labute approximate surface area is 241 Å². The first-order valence-electron chi connectivity index (χ1n) is 12.0. The summed E-state index contributed by atoms with van der Waals surface area (Å²) >= 11 is 7.25. The summed E-state index contributed by atoms with van der Waals surface area (Å²) in [6, 6.07) is 22.6. The van der Waals surface area contributed by atoms with E-state index in [0.29, 0.717) is 32.0 Å². The van der Waals surface area contributed by atoms with E-state index >= 15 is 0 Å². The first-order chi connectivity index (χ1) is 19.3. The molecule has 0 aliphatic carbocycles. The summed E-state index contributed by atoms with van der Waals surface area (Å²) in [5, 5.41) is 17.4. The number of fused-ring (bicyclic) bond motifs is 1. The number of carboxylic acids is 1. The highest BCUT2D eigenvalue weighted by Gasteiger charge is 2.18. The van der Waals surface area contributed by atoms with Crippen LogP contribution in [0.2, 0.25) is 4.34 Å². The van der Waals surface area contributed by atoms with Crippen molar-refractivity contribution in [3.05, 3.63) is 105 Å². The molecule has 204 valence electrons. The Morgan fingerprint density at radius 1 is 1.02 bits per heavy atom. The quantitative estimate of drug-likeness (QED) is 0.194. The third-order valence-electron chi connectivity index (χ3n) is 6.03. The third kappa shape index (κ3) is 6.01. The zero-order chi connectivity index (χ0) is 28.2. The number of hydrogen-bond donors (Lipinski definition) is 3. The van der Waals surface area contributed by atoms with Crippen LogP contribution in [0.25, 0.3) is 10.9 Å². The Morgan fingerprint density at radius 2 is 1.77 bits per heavy atom. The van der Waals surface area contributed by atoms with Gasteiger partial charge >= 0.3 is 5.97 Å². The zero-order valence-corrected chi connectivity index (χ0v) is 23.5. The standard InChI is InChI=1S/C28H23ClN4O5S2/c1-38-22-10-4-9-21-25(22)26(32-40(37)24-12-11-23(29)39-24)31-33(21)16-18-6-2-5-17(13-18)15-30-27(34)19-7-3-8-20(14-19)28(35)36/h2-14H,15-16H2,1H3,(H,30,34)(H,31,32)(H,35,36). The van der Waals surface area contributed by atoms with Crippen molar-refractivity contribution in [1.29, 1.82) is 0 Å². The van der Waals surface area contributed by atoms with Gasteiger partial charge in [0.15, 0.2) is 16.8 Å². The van der Waals surface area contributed by atoms with Crippen molar-refractivity contribution in [2.75, 3.05) is 11.8 Å². The number of aromatic nitrogens is 2. The Kier molecular flexibility index (Phi) is 8.15. The van der Waals surface area contributed by atoms with Crippen LogP contribution in [0.15, 0.2) is 83.1 Å². The van der Waals surface area contributed by atoms with Gasteiger partial charge in [-0.05, 0) is 53.6 Å². The normalized spacial score (nSPS) is 11.8. The van der Waals surface area contributed by atoms with Crippen LogP contribution in [0.5, 0.6) is 5.75 Å². The van der Waals surface area contributed by atoms with E-state index in [1.165, 1.54) is 29.5 Å². The first-order valence-corrected chi connectivity index (χ1v) is 14.3. The number of amides is 1. The monoisotopic (exact) mass is 594 g/mol. The Balaban J connectivity index is 1.36. The van der Waals surface area contributed by atoms with Gasteiger partial charge in [0.25, 0.3) is 5.91 Å². The van der Waals surface area contributed by atoms with E-state index in [9.17, 15) is 18.9 Å². The molecule has 0 spiro atoms. The van der Waals surface area contributed by atoms with Crippen LogP contribution in [0.1, 0.15) is 31.8 Å². The number of nitrogens with zero attached hydrogens (tertiary/aromatic N) is 2. The van der Waals surface area contributed by atoms with Crippen molar-refractivity contribution in [1.82, 2.24) is 15.1 Å². The van der Waals surface area contributed by atoms with E-state index < -0.39 is 17.0 Å². The van der Waals surface area contributed by atoms with Gasteiger partial charge < -0.3 is 15.2 Å². The zero-order valence-electron chi connectivity index (χ0n) is 21.1. The lowest BCUT2D eigenvalue weighted by molar-refractivity contribution is 0.0697. The van der Waals surface area contributed by atoms with Crippen LogP contribution in [0.4, 0.5) is 5.82 Å². The predicted molar refractivity (Wildman–Crippen MR) is 156 cm³/mol. The number of carboxylic acid groups (broad SMARTS) is 1. The topological polar surface area (TPSA) is 123 Å². The van der Waals surface area contributed by atoms with Gasteiger partial charge in [0.2, 0.25) is 0 Å². The highest BCUT2D eigenvalue weighted by molar-refractivity contribution is 7.88. The molecule has 2 heterocycles. The smallest absolute Gasteiger partial charge is 0.335 e. The van der Waals surface area contributed by atoms with Gasteiger partial charge in [0.1, 0.15) is 9.96 Å². The van der Waals surface area contributed by atoms with Crippen molar-refractivity contribution in [2.24, 2.45) is 0 Å². The summed E-state index contributed by atoms with van der Waals surface area (Å²) in [7, 11) is 0.00694. The molecular weight excluding hydrogens is 572 g/mol. The molecule has 5 aromatic rings. The molecule has 40 heavy (non-hydrogen) atoms. The molecule has 3 N–H and O–H groups in total. The second-order valence-electron chi connectivity index (χ2n) is 8.68. The van der Waals surface area contributed by atoms with Crippen LogP contribution >= 0.6 is 22.9 Å². The second-order valence-corrected chi connectivity index (χ2v) is 11.8. The van der Waals surface area contributed by atoms with Gasteiger partial charge in [-0.3, -0.25) is 14.2 Å². The average molecular weight is 595 g/mol. The molecule has 3 aromatic carbocycles. The summed E-state index contributed by atoms with van der Waals surface area (Å²) in [4.78, 5) is 23.8. The number of ether oxygens (including phenoxy) is 1. The molecule has 0 fully saturated rings. The maximum absolute atomic E-state index is 13.0. The fraction of sp³-hybridized carbons (Fsp3) is 0.107. The lowest BCUT2D eigenvalue weighted by Gasteiger charge is -2.09. The molecule has 1 unspecified atom stereocenters. The Morgan fingerprint density at radius 3 is 2.52 bits per heavy atom. The van der Waals surface area contributed by atoms with E-state index in [2.05, 4.69) is 10.0 Å². The average Bonchev–Trinajstić information content (AvgIpc) is 3.55. The van der Waals surface area contributed by atoms with Crippen LogP contribution in [0.3, 0.4) is 0 Å². The first kappa shape index (κ1) is 27.4. The summed E-state index contributed by atoms with van der Waals surface area (Å²) in [5.74, 6) is -0.445. The molecule has 0 saturated heterocycles. The maximum Gasteiger partial charge on any atom is 0.335 e. The van der Waals surface area contributed by atoms with E-state index in [-0.39, 0.29) is 23.6 Å². The van der Waals surface area contributed by atoms with Gasteiger partial charge in [-0.1, -0.05) is 48.0 Å².